The number of carbonyl (C=O) groups excluding carboxylic acids is 1. The number of hydrogen-bond acceptors (Lipinski definition) is 2. The quantitative estimate of drug-likeness (QED) is 0.941. The Labute approximate surface area is 125 Å². The lowest BCUT2D eigenvalue weighted by Crippen LogP contribution is -2.37. The molecular weight excluding hydrogens is 260 g/mol. The zero-order valence-electron chi connectivity index (χ0n) is 12.5. The number of hydrogen-bond donors (Lipinski definition) is 1. The van der Waals surface area contributed by atoms with E-state index < -0.39 is 0 Å². The van der Waals surface area contributed by atoms with Crippen molar-refractivity contribution in [1.82, 2.24) is 4.90 Å². The van der Waals surface area contributed by atoms with Gasteiger partial charge in [0.25, 0.3) is 0 Å². The van der Waals surface area contributed by atoms with Crippen LogP contribution in [0.2, 0.25) is 0 Å². The summed E-state index contributed by atoms with van der Waals surface area (Å²) in [5.74, 6) is -0.0183. The van der Waals surface area contributed by atoms with E-state index in [2.05, 4.69) is 36.2 Å². The molecule has 0 saturated carbocycles. The highest BCUT2D eigenvalue weighted by Crippen LogP contribution is 2.35. The van der Waals surface area contributed by atoms with Crippen molar-refractivity contribution in [1.29, 1.82) is 0 Å². The number of piperidine rings is 1. The average molecular weight is 282 g/mol. The van der Waals surface area contributed by atoms with Crippen LogP contribution in [0.4, 0.5) is 0 Å². The van der Waals surface area contributed by atoms with Crippen LogP contribution in [0.5, 0.6) is 0 Å². The first kappa shape index (κ1) is 14.1. The van der Waals surface area contributed by atoms with Gasteiger partial charge in [0.2, 0.25) is 5.91 Å². The number of nitrogens with two attached hydrogens (primary N) is 1. The standard InChI is InChI=1S/C18H22N2O/c1-20-11-9-14(10-12-20)17(18(19)21)16-8-4-6-13-5-2-3-7-15(13)16/h2-8,14,17H,9-12H2,1H3,(H2,19,21). The molecule has 2 aromatic carbocycles. The van der Waals surface area contributed by atoms with Gasteiger partial charge in [-0.3, -0.25) is 4.79 Å². The summed E-state index contributed by atoms with van der Waals surface area (Å²) in [6.45, 7) is 2.08. The lowest BCUT2D eigenvalue weighted by molar-refractivity contribution is -0.121. The number of likely N-dealkylation sites (tertiary alicyclic amines) is 1. The number of carbonyl (C=O) groups is 1. The molecule has 1 unspecified atom stereocenters. The van der Waals surface area contributed by atoms with E-state index in [0.29, 0.717) is 5.92 Å². The Hall–Kier alpha value is -1.87. The van der Waals surface area contributed by atoms with Gasteiger partial charge in [-0.2, -0.15) is 0 Å². The van der Waals surface area contributed by atoms with E-state index in [1.54, 1.807) is 0 Å². The zero-order valence-corrected chi connectivity index (χ0v) is 12.5. The summed E-state index contributed by atoms with van der Waals surface area (Å²) < 4.78 is 0. The van der Waals surface area contributed by atoms with Crippen LogP contribution < -0.4 is 5.73 Å². The van der Waals surface area contributed by atoms with Crippen molar-refractivity contribution >= 4 is 16.7 Å². The summed E-state index contributed by atoms with van der Waals surface area (Å²) in [6.07, 6.45) is 2.07. The maximum absolute atomic E-state index is 12.1. The van der Waals surface area contributed by atoms with Gasteiger partial charge in [0.1, 0.15) is 0 Å². The minimum Gasteiger partial charge on any atom is -0.369 e. The smallest absolute Gasteiger partial charge is 0.225 e. The maximum Gasteiger partial charge on any atom is 0.225 e. The Morgan fingerprint density at radius 3 is 2.52 bits per heavy atom. The average Bonchev–Trinajstić information content (AvgIpc) is 2.49. The Balaban J connectivity index is 2.02. The summed E-state index contributed by atoms with van der Waals surface area (Å²) >= 11 is 0. The highest BCUT2D eigenvalue weighted by Gasteiger charge is 2.31. The number of fused-ring (bicyclic) bond motifs is 1. The monoisotopic (exact) mass is 282 g/mol. The molecule has 3 rings (SSSR count). The largest absolute Gasteiger partial charge is 0.369 e. The first-order chi connectivity index (χ1) is 10.2. The molecule has 3 nitrogen and oxygen atoms in total. The molecule has 1 aliphatic rings. The zero-order chi connectivity index (χ0) is 14.8. The fourth-order valence-electron chi connectivity index (χ4n) is 3.52. The van der Waals surface area contributed by atoms with Crippen LogP contribution in [-0.2, 0) is 4.79 Å². The number of nitrogens with zero attached hydrogens (tertiary/aromatic N) is 1. The third-order valence-corrected chi connectivity index (χ3v) is 4.70. The van der Waals surface area contributed by atoms with Gasteiger partial charge in [0.05, 0.1) is 5.92 Å². The molecule has 0 radical (unpaired) electrons. The molecule has 21 heavy (non-hydrogen) atoms. The van der Waals surface area contributed by atoms with Crippen LogP contribution in [0.25, 0.3) is 10.8 Å². The van der Waals surface area contributed by atoms with Crippen LogP contribution in [0.1, 0.15) is 24.3 Å². The molecule has 2 aromatic rings. The highest BCUT2D eigenvalue weighted by molar-refractivity contribution is 5.92. The normalized spacial score (nSPS) is 18.7. The molecule has 1 atom stereocenters. The first-order valence-corrected chi connectivity index (χ1v) is 7.62. The van der Waals surface area contributed by atoms with Gasteiger partial charge in [-0.15, -0.1) is 0 Å². The minimum absolute atomic E-state index is 0.176. The van der Waals surface area contributed by atoms with Crippen LogP contribution in [0, 0.1) is 5.92 Å². The van der Waals surface area contributed by atoms with E-state index >= 15 is 0 Å². The first-order valence-electron chi connectivity index (χ1n) is 7.62. The molecule has 0 aromatic heterocycles. The lowest BCUT2D eigenvalue weighted by atomic mass is 9.78. The van der Waals surface area contributed by atoms with Crippen molar-refractivity contribution in [2.75, 3.05) is 20.1 Å². The van der Waals surface area contributed by atoms with Crippen LogP contribution in [-0.4, -0.2) is 30.9 Å². The second-order valence-corrected chi connectivity index (χ2v) is 6.09. The van der Waals surface area contributed by atoms with Crippen molar-refractivity contribution in [3.63, 3.8) is 0 Å². The Bertz CT molecular complexity index is 639. The van der Waals surface area contributed by atoms with Gasteiger partial charge in [0.15, 0.2) is 0 Å². The number of amides is 1. The molecule has 1 heterocycles. The van der Waals surface area contributed by atoms with Crippen molar-refractivity contribution in [3.8, 4) is 0 Å². The topological polar surface area (TPSA) is 46.3 Å². The molecule has 0 spiro atoms. The predicted molar refractivity (Wildman–Crippen MR) is 86.1 cm³/mol. The maximum atomic E-state index is 12.1. The second-order valence-electron chi connectivity index (χ2n) is 6.09. The highest BCUT2D eigenvalue weighted by atomic mass is 16.1. The molecule has 2 N–H and O–H groups in total. The van der Waals surface area contributed by atoms with Gasteiger partial charge < -0.3 is 10.6 Å². The van der Waals surface area contributed by atoms with Gasteiger partial charge in [-0.05, 0) is 55.2 Å². The molecular formula is C18H22N2O. The van der Waals surface area contributed by atoms with Crippen molar-refractivity contribution < 1.29 is 4.79 Å². The summed E-state index contributed by atoms with van der Waals surface area (Å²) in [4.78, 5) is 14.5. The SMILES string of the molecule is CN1CCC(C(C(N)=O)c2cccc3ccccc23)CC1. The number of rotatable bonds is 3. The molecule has 110 valence electrons. The molecule has 0 bridgehead atoms. The molecule has 1 amide bonds. The van der Waals surface area contributed by atoms with Crippen molar-refractivity contribution in [2.45, 2.75) is 18.8 Å². The van der Waals surface area contributed by atoms with E-state index in [-0.39, 0.29) is 11.8 Å². The van der Waals surface area contributed by atoms with Crippen LogP contribution >= 0.6 is 0 Å². The molecule has 3 heteroatoms. The fourth-order valence-corrected chi connectivity index (χ4v) is 3.52. The molecule has 1 fully saturated rings. The van der Waals surface area contributed by atoms with Gasteiger partial charge >= 0.3 is 0 Å². The summed E-state index contributed by atoms with van der Waals surface area (Å²) in [5, 5.41) is 2.33. The van der Waals surface area contributed by atoms with Crippen LogP contribution in [0.3, 0.4) is 0 Å². The third-order valence-electron chi connectivity index (χ3n) is 4.70. The summed E-state index contributed by atoms with van der Waals surface area (Å²) in [6, 6.07) is 14.4. The lowest BCUT2D eigenvalue weighted by Gasteiger charge is -2.33. The Morgan fingerprint density at radius 1 is 1.14 bits per heavy atom. The molecule has 0 aliphatic carbocycles. The van der Waals surface area contributed by atoms with E-state index in [1.807, 2.05) is 18.2 Å². The Morgan fingerprint density at radius 2 is 1.81 bits per heavy atom. The van der Waals surface area contributed by atoms with Gasteiger partial charge in [-0.25, -0.2) is 0 Å². The van der Waals surface area contributed by atoms with E-state index in [9.17, 15) is 4.79 Å². The summed E-state index contributed by atoms with van der Waals surface area (Å²) in [7, 11) is 2.13. The van der Waals surface area contributed by atoms with E-state index in [4.69, 9.17) is 5.73 Å². The van der Waals surface area contributed by atoms with E-state index in [0.717, 1.165) is 36.9 Å². The van der Waals surface area contributed by atoms with Crippen LogP contribution in [0.15, 0.2) is 42.5 Å². The Kier molecular flexibility index (Phi) is 3.93. The third kappa shape index (κ3) is 2.79. The number of primary amides is 1. The molecule has 1 saturated heterocycles. The molecule has 1 aliphatic heterocycles. The fraction of sp³-hybridized carbons (Fsp3) is 0.389. The van der Waals surface area contributed by atoms with Crippen molar-refractivity contribution in [3.05, 3.63) is 48.0 Å². The van der Waals surface area contributed by atoms with E-state index in [1.165, 1.54) is 5.39 Å². The predicted octanol–water partition coefficient (Wildman–Crippen LogP) is 2.75. The minimum atomic E-state index is -0.194. The van der Waals surface area contributed by atoms with Crippen molar-refractivity contribution in [2.24, 2.45) is 11.7 Å². The number of benzene rings is 2. The second kappa shape index (κ2) is 5.86. The van der Waals surface area contributed by atoms with Gasteiger partial charge in [-0.1, -0.05) is 42.5 Å². The van der Waals surface area contributed by atoms with Gasteiger partial charge in [0, 0.05) is 0 Å². The summed E-state index contributed by atoms with van der Waals surface area (Å²) in [5.41, 5.74) is 6.87.